The minimum Gasteiger partial charge on any atom is -0.375 e. The minimum absolute atomic E-state index is 0.0228. The first-order valence-corrected chi connectivity index (χ1v) is 34.5. The van der Waals surface area contributed by atoms with Crippen LogP contribution in [0.2, 0.25) is 0 Å². The summed E-state index contributed by atoms with van der Waals surface area (Å²) < 4.78 is 0. The van der Waals surface area contributed by atoms with E-state index in [1.54, 1.807) is 0 Å². The van der Waals surface area contributed by atoms with E-state index in [2.05, 4.69) is 276 Å². The molecule has 0 amide bonds. The molecule has 13 rings (SSSR count). The number of benzene rings is 8. The highest BCUT2D eigenvalue weighted by Gasteiger charge is 2.53. The zero-order valence-electron chi connectivity index (χ0n) is 45.9. The van der Waals surface area contributed by atoms with Crippen molar-refractivity contribution in [3.05, 3.63) is 179 Å². The molecule has 8 aromatic carbocycles. The molecule has 0 N–H and O–H groups in total. The SMILES string of the molecule is Cc1cc2c(cc1N1c3cc4c(cc3B3c5c(cc(N(c6ccc(C(C)(C)C)cc6)c6ccc(C(C)(C)C)cc6)cc51)-c1cccc5c1N3c1ccccc1[SH]5(C)(C)I)Sc1ccccc1S4)C(C)(C)CCC2(C)C. The van der Waals surface area contributed by atoms with Gasteiger partial charge in [-0.05, 0) is 204 Å². The molecule has 380 valence electrons. The minimum atomic E-state index is -2.71. The summed E-state index contributed by atoms with van der Waals surface area (Å²) in [6.45, 7) is 26.0. The van der Waals surface area contributed by atoms with Crippen LogP contribution in [-0.4, -0.2) is 19.4 Å². The van der Waals surface area contributed by atoms with Crippen LogP contribution in [-0.2, 0) is 21.7 Å². The zero-order chi connectivity index (χ0) is 52.5. The molecule has 0 aromatic heterocycles. The largest absolute Gasteiger partial charge is 0.375 e. The monoisotopic (exact) mass is 1150 g/mol. The molecule has 3 nitrogen and oxygen atoms in total. The molecule has 0 radical (unpaired) electrons. The lowest BCUT2D eigenvalue weighted by Crippen LogP contribution is -2.62. The van der Waals surface area contributed by atoms with Gasteiger partial charge < -0.3 is 14.6 Å². The van der Waals surface area contributed by atoms with Gasteiger partial charge in [-0.2, -0.15) is 0 Å². The highest BCUT2D eigenvalue weighted by molar-refractivity contribution is 14.2. The molecular weight excluding hydrogens is 1080 g/mol. The third-order valence-corrected chi connectivity index (χ3v) is 26.7. The Kier molecular flexibility index (Phi) is 10.9. The van der Waals surface area contributed by atoms with E-state index in [0.717, 1.165) is 23.5 Å². The number of hydrogen-bond donors (Lipinski definition) is 1. The summed E-state index contributed by atoms with van der Waals surface area (Å²) in [7, 11) is 0. The van der Waals surface area contributed by atoms with Gasteiger partial charge in [-0.25, -0.2) is 6.33 Å². The maximum atomic E-state index is 2.91. The Morgan fingerprint density at radius 2 is 1.08 bits per heavy atom. The predicted octanol–water partition coefficient (Wildman–Crippen LogP) is 19.1. The smallest absolute Gasteiger partial charge is 0.333 e. The second-order valence-corrected chi connectivity index (χ2v) is 41.8. The van der Waals surface area contributed by atoms with Crippen molar-refractivity contribution in [2.75, 3.05) is 27.1 Å². The molecule has 75 heavy (non-hydrogen) atoms. The van der Waals surface area contributed by atoms with E-state index in [9.17, 15) is 0 Å². The van der Waals surface area contributed by atoms with Crippen LogP contribution >= 0.6 is 51.1 Å². The van der Waals surface area contributed by atoms with Gasteiger partial charge >= 0.3 is 6.85 Å². The van der Waals surface area contributed by atoms with E-state index >= 15 is 0 Å². The lowest BCUT2D eigenvalue weighted by atomic mass is 9.43. The summed E-state index contributed by atoms with van der Waals surface area (Å²) in [6.07, 6.45) is 4.76. The van der Waals surface area contributed by atoms with Crippen molar-refractivity contribution in [2.24, 2.45) is 0 Å². The Bertz CT molecular complexity index is 3670. The highest BCUT2D eigenvalue weighted by atomic mass is 127. The number of para-hydroxylation sites is 2. The van der Waals surface area contributed by atoms with E-state index in [1.807, 2.05) is 23.5 Å². The van der Waals surface area contributed by atoms with Gasteiger partial charge in [-0.3, -0.25) is 0 Å². The topological polar surface area (TPSA) is 9.72 Å². The number of hydrogen-bond acceptors (Lipinski definition) is 5. The quantitative estimate of drug-likeness (QED) is 0.107. The zero-order valence-corrected chi connectivity index (χ0v) is 50.6. The molecule has 0 bridgehead atoms. The van der Waals surface area contributed by atoms with Gasteiger partial charge in [0.25, 0.3) is 0 Å². The third kappa shape index (κ3) is 7.59. The molecule has 5 aliphatic rings. The molecule has 8 aromatic rings. The molecule has 0 fully saturated rings. The van der Waals surface area contributed by atoms with Gasteiger partial charge in [0.05, 0.1) is 0 Å². The van der Waals surface area contributed by atoms with Gasteiger partial charge in [0.15, 0.2) is 0 Å². The fourth-order valence-electron chi connectivity index (χ4n) is 13.1. The Morgan fingerprint density at radius 1 is 0.533 bits per heavy atom. The Morgan fingerprint density at radius 3 is 1.68 bits per heavy atom. The highest BCUT2D eigenvalue weighted by Crippen LogP contribution is 2.87. The summed E-state index contributed by atoms with van der Waals surface area (Å²) in [5.41, 5.74) is 22.3. The van der Waals surface area contributed by atoms with Crippen molar-refractivity contribution in [2.45, 2.75) is 140 Å². The van der Waals surface area contributed by atoms with Crippen molar-refractivity contribution >= 4 is 114 Å². The first-order chi connectivity index (χ1) is 35.4. The molecule has 0 saturated heterocycles. The fourth-order valence-corrected chi connectivity index (χ4v) is 20.8. The average Bonchev–Trinajstić information content (AvgIpc) is 3.38. The molecule has 4 aliphatic heterocycles. The lowest BCUT2D eigenvalue weighted by Gasteiger charge is -2.60. The second kappa shape index (κ2) is 16.5. The van der Waals surface area contributed by atoms with Crippen molar-refractivity contribution in [3.63, 3.8) is 0 Å². The van der Waals surface area contributed by atoms with E-state index in [4.69, 9.17) is 0 Å². The number of thiol groups is 1. The molecule has 0 unspecified atom stereocenters. The second-order valence-electron chi connectivity index (χ2n) is 26.0. The van der Waals surface area contributed by atoms with E-state index < -0.39 is 6.33 Å². The molecule has 0 spiro atoms. The molecule has 4 heterocycles. The summed E-state index contributed by atoms with van der Waals surface area (Å²) >= 11 is 6.77. The van der Waals surface area contributed by atoms with Crippen LogP contribution in [0.25, 0.3) is 11.1 Å². The van der Waals surface area contributed by atoms with E-state index in [0.29, 0.717) is 0 Å². The van der Waals surface area contributed by atoms with Crippen LogP contribution in [0.3, 0.4) is 0 Å². The van der Waals surface area contributed by atoms with Crippen molar-refractivity contribution in [1.82, 2.24) is 0 Å². The summed E-state index contributed by atoms with van der Waals surface area (Å²) in [6, 6.07) is 59.9. The maximum absolute atomic E-state index is 2.91. The number of halogens is 1. The summed E-state index contributed by atoms with van der Waals surface area (Å²) in [4.78, 5) is 16.3. The lowest BCUT2D eigenvalue weighted by molar-refractivity contribution is 0.332. The van der Waals surface area contributed by atoms with Gasteiger partial charge in [-0.1, -0.05) is 159 Å². The fraction of sp³-hybridized carbons (Fsp3) is 0.284. The van der Waals surface area contributed by atoms with Gasteiger partial charge in [0, 0.05) is 80.4 Å². The molecule has 0 atom stereocenters. The maximum Gasteiger partial charge on any atom is 0.333 e. The van der Waals surface area contributed by atoms with Gasteiger partial charge in [0.2, 0.25) is 0 Å². The van der Waals surface area contributed by atoms with Crippen LogP contribution in [0, 0.1) is 6.92 Å². The molecular formula is C67H69BIN3S3. The summed E-state index contributed by atoms with van der Waals surface area (Å²) in [5.74, 6) is 0. The predicted molar refractivity (Wildman–Crippen MR) is 338 cm³/mol. The average molecular weight is 1150 g/mol. The number of rotatable bonds is 4. The van der Waals surface area contributed by atoms with E-state index in [1.165, 1.54) is 114 Å². The van der Waals surface area contributed by atoms with Crippen LogP contribution in [0.5, 0.6) is 0 Å². The van der Waals surface area contributed by atoms with Gasteiger partial charge in [-0.15, -0.1) is 0 Å². The number of nitrogens with zero attached hydrogens (tertiary/aromatic N) is 3. The third-order valence-electron chi connectivity index (χ3n) is 17.6. The standard InChI is InChI=1S/C67H69BIN3S3/c1-41-35-49-50(67(10,11)34-33-66(49,8)9)38-53(41)71-54-40-59-58(73-56-21-15-16-22-57(56)74-59)39-51(54)68-62-48(47-19-18-24-61-63(47)72(68)52-20-14-17-23-60(52)75(61,12,13)69)36-46(37-55(62)71)70(44-29-25-42(26-30-44)64(2,3)4)45-31-27-43(28-32-45)65(5,6)7/h14-32,35-40,75H,33-34H2,1-13H3. The van der Waals surface area contributed by atoms with Crippen molar-refractivity contribution in [3.8, 4) is 11.1 Å². The Labute approximate surface area is 468 Å². The molecule has 0 saturated carbocycles. The first-order valence-electron chi connectivity index (χ1n) is 26.9. The Balaban J connectivity index is 1.17. The number of anilines is 8. The molecule has 8 heteroatoms. The van der Waals surface area contributed by atoms with E-state index in [-0.39, 0.29) is 28.5 Å². The normalized spacial score (nSPS) is 18.2. The van der Waals surface area contributed by atoms with Crippen molar-refractivity contribution < 1.29 is 0 Å². The van der Waals surface area contributed by atoms with Crippen LogP contribution in [0.15, 0.2) is 181 Å². The van der Waals surface area contributed by atoms with Crippen molar-refractivity contribution in [1.29, 1.82) is 0 Å². The number of aryl methyl sites for hydroxylation is 1. The first kappa shape index (κ1) is 49.6. The van der Waals surface area contributed by atoms with Crippen LogP contribution in [0.1, 0.15) is 110 Å². The summed E-state index contributed by atoms with van der Waals surface area (Å²) in [5, 5.41) is 0. The number of fused-ring (bicyclic) bond motifs is 9. The van der Waals surface area contributed by atoms with Crippen LogP contribution in [0.4, 0.5) is 45.5 Å². The molecule has 1 aliphatic carbocycles. The van der Waals surface area contributed by atoms with Gasteiger partial charge in [0.1, 0.15) is 0 Å². The Hall–Kier alpha value is -5.00. The van der Waals surface area contributed by atoms with Crippen LogP contribution < -0.4 is 25.5 Å².